The zero-order valence-corrected chi connectivity index (χ0v) is 23.1. The fourth-order valence-electron chi connectivity index (χ4n) is 0. The van der Waals surface area contributed by atoms with Gasteiger partial charge in [0.2, 0.25) is 0 Å². The van der Waals surface area contributed by atoms with Gasteiger partial charge in [-0.2, -0.15) is 0 Å². The van der Waals surface area contributed by atoms with E-state index in [1.165, 1.54) is 0 Å². The largest absolute Gasteiger partial charge is 1.00 e. The standard InChI is InChI=1S/6BrH.2K.Re/h6*1H;;;/q;;;;;;;+1;+5/p-6. The Bertz CT molecular complexity index is 44.2. The van der Waals surface area contributed by atoms with E-state index >= 15 is 0 Å². The van der Waals surface area contributed by atoms with Crippen molar-refractivity contribution in [2.75, 3.05) is 0 Å². The number of hydrogen-bond acceptors (Lipinski definition) is 0. The van der Waals surface area contributed by atoms with Gasteiger partial charge in [0.05, 0.1) is 0 Å². The molecule has 0 aromatic rings. The summed E-state index contributed by atoms with van der Waals surface area (Å²) in [6, 6.07) is 0. The van der Waals surface area contributed by atoms with Gasteiger partial charge in [-0.25, -0.2) is 0 Å². The molecular formula is Br6K2Re. The maximum absolute atomic E-state index is 3.35. The van der Waals surface area contributed by atoms with Crippen LogP contribution >= 0.6 is 67.1 Å². The molecule has 0 aliphatic rings. The van der Waals surface area contributed by atoms with Crippen molar-refractivity contribution in [3.63, 3.8) is 0 Å². The summed E-state index contributed by atoms with van der Waals surface area (Å²) in [6.45, 7) is 0. The fraction of sp³-hybridized carbons (Fsp3) is 0. The zero-order valence-electron chi connectivity index (χ0n) is 4.65. The molecule has 51 valence electrons. The molecule has 1 radical (unpaired) electrons. The van der Waals surface area contributed by atoms with E-state index in [2.05, 4.69) is 67.1 Å². The molecular weight excluding hydrogens is 744 g/mol. The summed E-state index contributed by atoms with van der Waals surface area (Å²) in [5.41, 5.74) is 0. The van der Waals surface area contributed by atoms with Crippen molar-refractivity contribution in [3.05, 3.63) is 0 Å². The van der Waals surface area contributed by atoms with Crippen molar-refractivity contribution in [1.82, 2.24) is 0 Å². The molecule has 0 rings (SSSR count). The van der Waals surface area contributed by atoms with E-state index < -0.39 is 4.23 Å². The van der Waals surface area contributed by atoms with Crippen molar-refractivity contribution >= 4 is 119 Å². The maximum Gasteiger partial charge on any atom is 1.00 e. The van der Waals surface area contributed by atoms with E-state index in [-0.39, 0.29) is 120 Å². The Labute approximate surface area is 184 Å². The average Bonchev–Trinajstić information content (AvgIpc) is 0.650. The van der Waals surface area contributed by atoms with Crippen LogP contribution in [0.4, 0.5) is 0 Å². The Morgan fingerprint density at radius 1 is 0.778 bits per heavy atom. The molecule has 0 N–H and O–H groups in total. The van der Waals surface area contributed by atoms with Gasteiger partial charge in [-0.05, 0) is 0 Å². The third-order valence-electron chi connectivity index (χ3n) is 0. The van der Waals surface area contributed by atoms with E-state index in [0.717, 1.165) is 0 Å². The molecule has 0 amide bonds. The molecule has 0 saturated heterocycles. The van der Waals surface area contributed by atoms with Crippen LogP contribution in [0.3, 0.4) is 0 Å². The van der Waals surface area contributed by atoms with Gasteiger partial charge < -0.3 is 17.0 Å². The van der Waals surface area contributed by atoms with Crippen LogP contribution in [-0.4, -0.2) is 51.4 Å². The molecule has 0 bridgehead atoms. The van der Waals surface area contributed by atoms with Crippen LogP contribution in [0.25, 0.3) is 0 Å². The third-order valence-corrected chi connectivity index (χ3v) is 0. The van der Waals surface area contributed by atoms with Crippen molar-refractivity contribution in [2.45, 2.75) is 0 Å². The van der Waals surface area contributed by atoms with Gasteiger partial charge in [-0.15, -0.1) is 0 Å². The molecule has 9 heavy (non-hydrogen) atoms. The topological polar surface area (TPSA) is 0 Å². The van der Waals surface area contributed by atoms with Crippen molar-refractivity contribution < 1.29 is 72.6 Å². The molecule has 0 aliphatic heterocycles. The average molecular weight is 744 g/mol. The first-order valence-electron chi connectivity index (χ1n) is 0.714. The van der Waals surface area contributed by atoms with Crippen LogP contribution in [0.15, 0.2) is 0 Å². The summed E-state index contributed by atoms with van der Waals surface area (Å²) in [6.07, 6.45) is 0. The zero-order chi connectivity index (χ0) is 5.45. The first-order valence-corrected chi connectivity index (χ1v) is 30.4. The monoisotopic (exact) mass is 738 g/mol. The summed E-state index contributed by atoms with van der Waals surface area (Å²) >= 11 is 16.7. The minimum absolute atomic E-state index is 0. The second-order valence-electron chi connectivity index (χ2n) is 0.540. The van der Waals surface area contributed by atoms with Gasteiger partial charge in [0.1, 0.15) is 0 Å². The molecule has 0 spiro atoms. The van der Waals surface area contributed by atoms with Crippen LogP contribution in [0, 0.1) is 0 Å². The van der Waals surface area contributed by atoms with Gasteiger partial charge in [0, 0.05) is 51.4 Å². The molecule has 0 saturated carbocycles. The Hall–Kier alpha value is 6.82. The van der Waals surface area contributed by atoms with Gasteiger partial charge in [-0.3, -0.25) is 0 Å². The summed E-state index contributed by atoms with van der Waals surface area (Å²) in [7, 11) is 0. The molecule has 0 aromatic heterocycles. The second-order valence-corrected chi connectivity index (χ2v) is 119. The van der Waals surface area contributed by atoms with E-state index in [0.29, 0.717) is 0 Å². The SMILES string of the molecule is [Br-].[Br][Re]([Br])([Br])([Br])[Br].[K+].[K]. The van der Waals surface area contributed by atoms with Crippen molar-refractivity contribution in [2.24, 2.45) is 0 Å². The summed E-state index contributed by atoms with van der Waals surface area (Å²) in [5, 5.41) is 0. The smallest absolute Gasteiger partial charge is 0 e. The van der Waals surface area contributed by atoms with Crippen LogP contribution in [0.5, 0.6) is 0 Å². The van der Waals surface area contributed by atoms with Crippen LogP contribution in [0.2, 0.25) is 0 Å². The third kappa shape index (κ3) is 52.4. The maximum atomic E-state index is 3.35. The minimum Gasteiger partial charge on any atom is 0 e. The van der Waals surface area contributed by atoms with E-state index in [9.17, 15) is 0 Å². The summed E-state index contributed by atoms with van der Waals surface area (Å²) in [5.74, 6) is 0. The Morgan fingerprint density at radius 3 is 0.778 bits per heavy atom. The van der Waals surface area contributed by atoms with Crippen molar-refractivity contribution in [3.8, 4) is 0 Å². The molecule has 0 fully saturated rings. The van der Waals surface area contributed by atoms with E-state index in [4.69, 9.17) is 0 Å². The Morgan fingerprint density at radius 2 is 0.778 bits per heavy atom. The van der Waals surface area contributed by atoms with Gasteiger partial charge in [0.25, 0.3) is 0 Å². The number of rotatable bonds is 0. The van der Waals surface area contributed by atoms with Gasteiger partial charge >= 0.3 is 123 Å². The summed E-state index contributed by atoms with van der Waals surface area (Å²) in [4.78, 5) is 0. The molecule has 0 heterocycles. The van der Waals surface area contributed by atoms with Crippen LogP contribution < -0.4 is 68.4 Å². The van der Waals surface area contributed by atoms with Gasteiger partial charge in [-0.1, -0.05) is 0 Å². The Kier molecular flexibility index (Phi) is 27.6. The quantitative estimate of drug-likeness (QED) is 0.249. The second kappa shape index (κ2) is 10.0. The van der Waals surface area contributed by atoms with Crippen LogP contribution in [0.1, 0.15) is 0 Å². The molecule has 0 atom stereocenters. The van der Waals surface area contributed by atoms with Crippen molar-refractivity contribution in [1.29, 1.82) is 0 Å². The molecule has 0 aliphatic carbocycles. The van der Waals surface area contributed by atoms with E-state index in [1.54, 1.807) is 0 Å². The number of halogens is 6. The molecule has 0 aromatic carbocycles. The van der Waals surface area contributed by atoms with E-state index in [1.807, 2.05) is 0 Å². The summed E-state index contributed by atoms with van der Waals surface area (Å²) < 4.78 is -2.64. The molecule has 0 nitrogen and oxygen atoms in total. The predicted molar refractivity (Wildman–Crippen MR) is 50.4 cm³/mol. The fourth-order valence-corrected chi connectivity index (χ4v) is 0. The van der Waals surface area contributed by atoms with Crippen LogP contribution in [-0.2, 0) is 4.23 Å². The normalized spacial score (nSPS) is 12.8. The van der Waals surface area contributed by atoms with Gasteiger partial charge in [0.15, 0.2) is 0 Å². The molecule has 9 heteroatoms. The minimum atomic E-state index is -2.64. The Balaban J connectivity index is -0.0000000417. The predicted octanol–water partition coefficient (Wildman–Crippen LogP) is -2.15. The number of hydrogen-bond donors (Lipinski definition) is 0. The first-order chi connectivity index (χ1) is 2.24. The molecule has 0 unspecified atom stereocenters. The first kappa shape index (κ1) is 24.9.